The largest absolute Gasteiger partial charge is 0.390 e. The SMILES string of the molecule is OCc1cncc(N2CCN3CCCCC3C2)n1. The number of nitrogens with zero attached hydrogens (tertiary/aromatic N) is 4. The third-order valence-corrected chi connectivity index (χ3v) is 4.00. The summed E-state index contributed by atoms with van der Waals surface area (Å²) in [5.74, 6) is 0.909. The zero-order valence-corrected chi connectivity index (χ0v) is 10.6. The molecule has 0 aliphatic carbocycles. The van der Waals surface area contributed by atoms with Crippen molar-refractivity contribution in [1.82, 2.24) is 14.9 Å². The van der Waals surface area contributed by atoms with E-state index in [0.29, 0.717) is 11.7 Å². The Hall–Kier alpha value is -1.20. The van der Waals surface area contributed by atoms with E-state index >= 15 is 0 Å². The lowest BCUT2D eigenvalue weighted by Crippen LogP contribution is -2.55. The predicted molar refractivity (Wildman–Crippen MR) is 69.4 cm³/mol. The first-order valence-electron chi connectivity index (χ1n) is 6.77. The van der Waals surface area contributed by atoms with Gasteiger partial charge in [0.15, 0.2) is 0 Å². The fraction of sp³-hybridized carbons (Fsp3) is 0.692. The number of piperidine rings is 1. The van der Waals surface area contributed by atoms with E-state index < -0.39 is 0 Å². The van der Waals surface area contributed by atoms with Crippen molar-refractivity contribution in [3.05, 3.63) is 18.1 Å². The quantitative estimate of drug-likeness (QED) is 0.832. The molecule has 0 spiro atoms. The lowest BCUT2D eigenvalue weighted by molar-refractivity contribution is 0.133. The van der Waals surface area contributed by atoms with Gasteiger partial charge in [-0.05, 0) is 19.4 Å². The van der Waals surface area contributed by atoms with Gasteiger partial charge in [0.25, 0.3) is 0 Å². The Kier molecular flexibility index (Phi) is 3.43. The van der Waals surface area contributed by atoms with Crippen LogP contribution in [0, 0.1) is 0 Å². The molecule has 1 atom stereocenters. The molecule has 1 aromatic heterocycles. The second-order valence-electron chi connectivity index (χ2n) is 5.16. The fourth-order valence-corrected chi connectivity index (χ4v) is 2.99. The number of fused-ring (bicyclic) bond motifs is 1. The van der Waals surface area contributed by atoms with E-state index in [4.69, 9.17) is 5.11 Å². The number of piperazine rings is 1. The van der Waals surface area contributed by atoms with E-state index in [1.807, 2.05) is 0 Å². The Morgan fingerprint density at radius 2 is 2.17 bits per heavy atom. The minimum atomic E-state index is -0.0375. The van der Waals surface area contributed by atoms with E-state index in [9.17, 15) is 0 Å². The van der Waals surface area contributed by atoms with E-state index in [1.165, 1.54) is 25.8 Å². The summed E-state index contributed by atoms with van der Waals surface area (Å²) in [7, 11) is 0. The van der Waals surface area contributed by atoms with Crippen molar-refractivity contribution in [3.8, 4) is 0 Å². The third kappa shape index (κ3) is 2.33. The molecular formula is C13H20N4O. The molecule has 1 N–H and O–H groups in total. The van der Waals surface area contributed by atoms with Crippen LogP contribution in [0.1, 0.15) is 25.0 Å². The van der Waals surface area contributed by atoms with Gasteiger partial charge in [0.1, 0.15) is 5.82 Å². The summed E-state index contributed by atoms with van der Waals surface area (Å²) in [6.07, 6.45) is 7.41. The Morgan fingerprint density at radius 1 is 1.22 bits per heavy atom. The van der Waals surface area contributed by atoms with E-state index in [2.05, 4.69) is 19.8 Å². The van der Waals surface area contributed by atoms with Crippen LogP contribution in [0.5, 0.6) is 0 Å². The smallest absolute Gasteiger partial charge is 0.147 e. The van der Waals surface area contributed by atoms with Crippen LogP contribution in [0.3, 0.4) is 0 Å². The lowest BCUT2D eigenvalue weighted by Gasteiger charge is -2.44. The van der Waals surface area contributed by atoms with E-state index in [1.54, 1.807) is 12.4 Å². The Labute approximate surface area is 107 Å². The first-order valence-corrected chi connectivity index (χ1v) is 6.77. The van der Waals surface area contributed by atoms with Crippen molar-refractivity contribution in [2.45, 2.75) is 31.9 Å². The molecule has 2 saturated heterocycles. The monoisotopic (exact) mass is 248 g/mol. The van der Waals surface area contributed by atoms with Gasteiger partial charge in [-0.15, -0.1) is 0 Å². The summed E-state index contributed by atoms with van der Waals surface area (Å²) >= 11 is 0. The summed E-state index contributed by atoms with van der Waals surface area (Å²) in [4.78, 5) is 13.5. The minimum Gasteiger partial charge on any atom is -0.390 e. The van der Waals surface area contributed by atoms with Gasteiger partial charge in [0.2, 0.25) is 0 Å². The first-order chi connectivity index (χ1) is 8.86. The molecule has 3 heterocycles. The molecule has 0 aromatic carbocycles. The van der Waals surface area contributed by atoms with Crippen LogP contribution >= 0.6 is 0 Å². The molecule has 1 unspecified atom stereocenters. The predicted octanol–water partition coefficient (Wildman–Crippen LogP) is 0.643. The van der Waals surface area contributed by atoms with Gasteiger partial charge in [-0.25, -0.2) is 4.98 Å². The van der Waals surface area contributed by atoms with Crippen molar-refractivity contribution in [2.24, 2.45) is 0 Å². The van der Waals surface area contributed by atoms with Gasteiger partial charge < -0.3 is 10.0 Å². The second-order valence-corrected chi connectivity index (χ2v) is 5.16. The van der Waals surface area contributed by atoms with Gasteiger partial charge in [-0.1, -0.05) is 6.42 Å². The summed E-state index contributed by atoms with van der Waals surface area (Å²) in [5.41, 5.74) is 0.651. The first kappa shape index (κ1) is 11.9. The van der Waals surface area contributed by atoms with Crippen LogP contribution in [0.2, 0.25) is 0 Å². The number of anilines is 1. The average Bonchev–Trinajstić information content (AvgIpc) is 2.47. The highest BCUT2D eigenvalue weighted by molar-refractivity contribution is 5.37. The van der Waals surface area contributed by atoms with Crippen LogP contribution in [0.4, 0.5) is 5.82 Å². The Bertz CT molecular complexity index is 412. The summed E-state index contributed by atoms with van der Waals surface area (Å²) in [6.45, 7) is 4.39. The second kappa shape index (κ2) is 5.20. The van der Waals surface area contributed by atoms with E-state index in [0.717, 1.165) is 25.5 Å². The molecule has 5 nitrogen and oxygen atoms in total. The van der Waals surface area contributed by atoms with Crippen molar-refractivity contribution < 1.29 is 5.11 Å². The van der Waals surface area contributed by atoms with Crippen LogP contribution < -0.4 is 4.90 Å². The maximum Gasteiger partial charge on any atom is 0.147 e. The van der Waals surface area contributed by atoms with Crippen LogP contribution in [-0.4, -0.2) is 52.2 Å². The standard InChI is InChI=1S/C13H20N4O/c18-10-11-7-14-8-13(15-11)17-6-5-16-4-2-1-3-12(16)9-17/h7-8,12,18H,1-6,9-10H2. The highest BCUT2D eigenvalue weighted by Gasteiger charge is 2.29. The van der Waals surface area contributed by atoms with Gasteiger partial charge in [0.05, 0.1) is 24.7 Å². The maximum absolute atomic E-state index is 9.12. The average molecular weight is 248 g/mol. The van der Waals surface area contributed by atoms with Crippen molar-refractivity contribution >= 4 is 5.82 Å². The van der Waals surface area contributed by atoms with E-state index in [-0.39, 0.29) is 6.61 Å². The molecule has 2 aliphatic heterocycles. The summed E-state index contributed by atoms with van der Waals surface area (Å²) in [5, 5.41) is 9.12. The fourth-order valence-electron chi connectivity index (χ4n) is 2.99. The van der Waals surface area contributed by atoms with Gasteiger partial charge in [0, 0.05) is 25.7 Å². The van der Waals surface area contributed by atoms with Crippen LogP contribution in [0.25, 0.3) is 0 Å². The molecule has 0 radical (unpaired) electrons. The number of aliphatic hydroxyl groups is 1. The summed E-state index contributed by atoms with van der Waals surface area (Å²) < 4.78 is 0. The van der Waals surface area contributed by atoms with Gasteiger partial charge in [-0.3, -0.25) is 9.88 Å². The molecule has 98 valence electrons. The minimum absolute atomic E-state index is 0.0375. The van der Waals surface area contributed by atoms with Gasteiger partial charge >= 0.3 is 0 Å². The molecule has 2 fully saturated rings. The van der Waals surface area contributed by atoms with Crippen LogP contribution in [-0.2, 0) is 6.61 Å². The van der Waals surface area contributed by atoms with Crippen LogP contribution in [0.15, 0.2) is 12.4 Å². The Balaban J connectivity index is 1.72. The highest BCUT2D eigenvalue weighted by Crippen LogP contribution is 2.23. The zero-order valence-electron chi connectivity index (χ0n) is 10.6. The highest BCUT2D eigenvalue weighted by atomic mass is 16.3. The number of aromatic nitrogens is 2. The number of hydrogen-bond donors (Lipinski definition) is 1. The molecule has 1 aromatic rings. The molecule has 5 heteroatoms. The molecule has 0 saturated carbocycles. The maximum atomic E-state index is 9.12. The molecule has 0 bridgehead atoms. The molecule has 3 rings (SSSR count). The summed E-state index contributed by atoms with van der Waals surface area (Å²) in [6, 6.07) is 0.673. The molecule has 0 amide bonds. The van der Waals surface area contributed by atoms with Crippen molar-refractivity contribution in [2.75, 3.05) is 31.1 Å². The van der Waals surface area contributed by atoms with Gasteiger partial charge in [-0.2, -0.15) is 0 Å². The lowest BCUT2D eigenvalue weighted by atomic mass is 9.99. The zero-order chi connectivity index (χ0) is 12.4. The molecular weight excluding hydrogens is 228 g/mol. The topological polar surface area (TPSA) is 52.5 Å². The third-order valence-electron chi connectivity index (χ3n) is 4.00. The van der Waals surface area contributed by atoms with Crippen molar-refractivity contribution in [3.63, 3.8) is 0 Å². The number of hydrogen-bond acceptors (Lipinski definition) is 5. The number of aliphatic hydroxyl groups excluding tert-OH is 1. The van der Waals surface area contributed by atoms with Crippen molar-refractivity contribution in [1.29, 1.82) is 0 Å². The molecule has 2 aliphatic rings. The Morgan fingerprint density at radius 3 is 3.06 bits per heavy atom. The molecule has 18 heavy (non-hydrogen) atoms. The normalized spacial score (nSPS) is 24.9. The number of rotatable bonds is 2.